The van der Waals surface area contributed by atoms with E-state index in [0.29, 0.717) is 5.56 Å². The van der Waals surface area contributed by atoms with Gasteiger partial charge in [0.1, 0.15) is 11.5 Å². The lowest BCUT2D eigenvalue weighted by Crippen LogP contribution is -2.14. The van der Waals surface area contributed by atoms with Gasteiger partial charge in [0.2, 0.25) is 0 Å². The lowest BCUT2D eigenvalue weighted by atomic mass is 10.1. The van der Waals surface area contributed by atoms with Crippen molar-refractivity contribution in [3.63, 3.8) is 0 Å². The highest BCUT2D eigenvalue weighted by Crippen LogP contribution is 2.27. The van der Waals surface area contributed by atoms with Crippen LogP contribution in [-0.4, -0.2) is 28.1 Å². The molecule has 0 aliphatic heterocycles. The van der Waals surface area contributed by atoms with Gasteiger partial charge in [-0.3, -0.25) is 4.79 Å². The van der Waals surface area contributed by atoms with Crippen molar-refractivity contribution in [2.45, 2.75) is 0 Å². The van der Waals surface area contributed by atoms with Crippen LogP contribution in [0.5, 0.6) is 11.5 Å². The highest BCUT2D eigenvalue weighted by atomic mass is 16.5. The van der Waals surface area contributed by atoms with Crippen molar-refractivity contribution >= 4 is 23.5 Å². The predicted molar refractivity (Wildman–Crippen MR) is 106 cm³/mol. The number of nitrogens with one attached hydrogen (secondary N) is 1. The smallest absolute Gasteiger partial charge is 0.337 e. The standard InChI is InChI=1S/C22H14N2O6/c23-12-13-4-6-14(7-5-13)20(25)24-19-9-8-17(11-18(19)22(28)29)30-16-3-1-2-15(10-16)21(26)27/h1-11H,(H,24,25)(H,26,27)(H,28,29). The zero-order chi connectivity index (χ0) is 21.7. The minimum Gasteiger partial charge on any atom is -0.478 e. The average Bonchev–Trinajstić information content (AvgIpc) is 2.74. The van der Waals surface area contributed by atoms with Crippen LogP contribution >= 0.6 is 0 Å². The number of carboxylic acid groups (broad SMARTS) is 2. The number of anilines is 1. The van der Waals surface area contributed by atoms with Gasteiger partial charge in [-0.1, -0.05) is 6.07 Å². The van der Waals surface area contributed by atoms with Gasteiger partial charge in [0.15, 0.2) is 0 Å². The molecule has 0 fully saturated rings. The molecule has 148 valence electrons. The summed E-state index contributed by atoms with van der Waals surface area (Å²) < 4.78 is 5.56. The molecule has 8 nitrogen and oxygen atoms in total. The first-order chi connectivity index (χ1) is 14.4. The van der Waals surface area contributed by atoms with Crippen LogP contribution in [0.15, 0.2) is 66.7 Å². The van der Waals surface area contributed by atoms with Gasteiger partial charge < -0.3 is 20.3 Å². The summed E-state index contributed by atoms with van der Waals surface area (Å²) in [5.41, 5.74) is 0.534. The highest BCUT2D eigenvalue weighted by Gasteiger charge is 2.16. The summed E-state index contributed by atoms with van der Waals surface area (Å²) in [5.74, 6) is -2.56. The van der Waals surface area contributed by atoms with E-state index < -0.39 is 17.8 Å². The summed E-state index contributed by atoms with van der Waals surface area (Å²) in [5, 5.41) is 29.9. The minimum atomic E-state index is -1.28. The molecule has 0 atom stereocenters. The maximum atomic E-state index is 12.4. The number of carbonyl (C=O) groups is 3. The Morgan fingerprint density at radius 1 is 0.833 bits per heavy atom. The van der Waals surface area contributed by atoms with E-state index in [9.17, 15) is 19.5 Å². The number of rotatable bonds is 6. The fourth-order valence-electron chi connectivity index (χ4n) is 2.59. The van der Waals surface area contributed by atoms with E-state index in [-0.39, 0.29) is 33.9 Å². The summed E-state index contributed by atoms with van der Waals surface area (Å²) in [7, 11) is 0. The topological polar surface area (TPSA) is 137 Å². The molecule has 3 N–H and O–H groups in total. The molecule has 0 heterocycles. The van der Waals surface area contributed by atoms with E-state index in [1.807, 2.05) is 6.07 Å². The summed E-state index contributed by atoms with van der Waals surface area (Å²) >= 11 is 0. The molecule has 0 unspecified atom stereocenters. The largest absolute Gasteiger partial charge is 0.478 e. The second-order valence-corrected chi connectivity index (χ2v) is 6.09. The third-order valence-electron chi connectivity index (χ3n) is 4.06. The molecule has 3 aromatic carbocycles. The second kappa shape index (κ2) is 8.58. The van der Waals surface area contributed by atoms with Gasteiger partial charge in [0, 0.05) is 5.56 Å². The Morgan fingerprint density at radius 3 is 2.17 bits per heavy atom. The number of hydrogen-bond acceptors (Lipinski definition) is 5. The highest BCUT2D eigenvalue weighted by molar-refractivity contribution is 6.07. The van der Waals surface area contributed by atoms with Crippen molar-refractivity contribution in [1.82, 2.24) is 0 Å². The zero-order valence-corrected chi connectivity index (χ0v) is 15.3. The Bertz CT molecular complexity index is 1180. The molecular weight excluding hydrogens is 388 g/mol. The molecule has 0 bridgehead atoms. The number of aromatic carboxylic acids is 2. The lowest BCUT2D eigenvalue weighted by Gasteiger charge is -2.12. The van der Waals surface area contributed by atoms with Gasteiger partial charge in [-0.15, -0.1) is 0 Å². The molecule has 0 aliphatic rings. The molecule has 3 aromatic rings. The summed E-state index contributed by atoms with van der Waals surface area (Å²) in [6, 6.07) is 17.6. The first kappa shape index (κ1) is 20.1. The van der Waals surface area contributed by atoms with Gasteiger partial charge in [0.05, 0.1) is 28.4 Å². The Labute approximate surface area is 170 Å². The quantitative estimate of drug-likeness (QED) is 0.567. The number of carbonyl (C=O) groups excluding carboxylic acids is 1. The van der Waals surface area contributed by atoms with Gasteiger partial charge in [-0.05, 0) is 60.7 Å². The molecule has 30 heavy (non-hydrogen) atoms. The van der Waals surface area contributed by atoms with E-state index in [1.54, 1.807) is 0 Å². The zero-order valence-electron chi connectivity index (χ0n) is 15.3. The summed E-state index contributed by atoms with van der Waals surface area (Å²) in [6.45, 7) is 0. The number of nitriles is 1. The summed E-state index contributed by atoms with van der Waals surface area (Å²) in [6.07, 6.45) is 0. The van der Waals surface area contributed by atoms with Gasteiger partial charge in [-0.2, -0.15) is 5.26 Å². The molecule has 0 saturated carbocycles. The van der Waals surface area contributed by atoms with Crippen molar-refractivity contribution in [1.29, 1.82) is 5.26 Å². The Hall–Kier alpha value is -4.64. The first-order valence-electron chi connectivity index (χ1n) is 8.57. The molecule has 0 spiro atoms. The SMILES string of the molecule is N#Cc1ccc(C(=O)Nc2ccc(Oc3cccc(C(=O)O)c3)cc2C(=O)O)cc1. The fourth-order valence-corrected chi connectivity index (χ4v) is 2.59. The van der Waals surface area contributed by atoms with Crippen LogP contribution in [0.1, 0.15) is 36.6 Å². The van der Waals surface area contributed by atoms with Crippen LogP contribution in [0, 0.1) is 11.3 Å². The van der Waals surface area contributed by atoms with Crippen LogP contribution < -0.4 is 10.1 Å². The predicted octanol–water partition coefficient (Wildman–Crippen LogP) is 4.00. The van der Waals surface area contributed by atoms with Crippen molar-refractivity contribution in [3.8, 4) is 17.6 Å². The molecule has 3 rings (SSSR count). The van der Waals surface area contributed by atoms with E-state index in [1.165, 1.54) is 66.7 Å². The monoisotopic (exact) mass is 402 g/mol. The van der Waals surface area contributed by atoms with Gasteiger partial charge in [0.25, 0.3) is 5.91 Å². The minimum absolute atomic E-state index is 0.0252. The van der Waals surface area contributed by atoms with Gasteiger partial charge >= 0.3 is 11.9 Å². The molecule has 0 aliphatic carbocycles. The number of ether oxygens (including phenoxy) is 1. The average molecular weight is 402 g/mol. The van der Waals surface area contributed by atoms with Crippen molar-refractivity contribution in [3.05, 3.63) is 89.0 Å². The van der Waals surface area contributed by atoms with Crippen LogP contribution in [0.4, 0.5) is 5.69 Å². The third-order valence-corrected chi connectivity index (χ3v) is 4.06. The second-order valence-electron chi connectivity index (χ2n) is 6.09. The first-order valence-corrected chi connectivity index (χ1v) is 8.57. The van der Waals surface area contributed by atoms with E-state index in [4.69, 9.17) is 15.1 Å². The van der Waals surface area contributed by atoms with Crippen LogP contribution in [0.25, 0.3) is 0 Å². The number of amides is 1. The van der Waals surface area contributed by atoms with Crippen molar-refractivity contribution in [2.75, 3.05) is 5.32 Å². The molecule has 0 saturated heterocycles. The Morgan fingerprint density at radius 2 is 1.53 bits per heavy atom. The van der Waals surface area contributed by atoms with Gasteiger partial charge in [-0.25, -0.2) is 9.59 Å². The van der Waals surface area contributed by atoms with Crippen LogP contribution in [-0.2, 0) is 0 Å². The number of nitrogens with zero attached hydrogens (tertiary/aromatic N) is 1. The molecule has 0 radical (unpaired) electrons. The van der Waals surface area contributed by atoms with E-state index >= 15 is 0 Å². The van der Waals surface area contributed by atoms with Crippen molar-refractivity contribution in [2.24, 2.45) is 0 Å². The van der Waals surface area contributed by atoms with Crippen LogP contribution in [0.2, 0.25) is 0 Å². The molecule has 1 amide bonds. The Kier molecular flexibility index (Phi) is 5.75. The fraction of sp³-hybridized carbons (Fsp3) is 0. The molecular formula is C22H14N2O6. The molecule has 8 heteroatoms. The maximum absolute atomic E-state index is 12.4. The summed E-state index contributed by atoms with van der Waals surface area (Å²) in [4.78, 5) is 35.1. The van der Waals surface area contributed by atoms with E-state index in [2.05, 4.69) is 5.32 Å². The van der Waals surface area contributed by atoms with Crippen molar-refractivity contribution < 1.29 is 29.3 Å². The Balaban J connectivity index is 1.83. The normalized spacial score (nSPS) is 9.97. The van der Waals surface area contributed by atoms with E-state index in [0.717, 1.165) is 0 Å². The molecule has 0 aromatic heterocycles. The third kappa shape index (κ3) is 4.61. The lowest BCUT2D eigenvalue weighted by molar-refractivity contribution is 0.0686. The number of benzene rings is 3. The number of carboxylic acids is 2. The number of hydrogen-bond donors (Lipinski definition) is 3. The van der Waals surface area contributed by atoms with Crippen LogP contribution in [0.3, 0.4) is 0 Å². The maximum Gasteiger partial charge on any atom is 0.337 e.